The van der Waals surface area contributed by atoms with Crippen molar-refractivity contribution in [1.29, 1.82) is 0 Å². The van der Waals surface area contributed by atoms with E-state index in [1.54, 1.807) is 0 Å². The Morgan fingerprint density at radius 3 is 1.07 bits per heavy atom. The van der Waals surface area contributed by atoms with Crippen LogP contribution in [0.5, 0.6) is 0 Å². The number of rotatable bonds is 21. The Labute approximate surface area is 176 Å². The van der Waals surface area contributed by atoms with Crippen LogP contribution < -0.4 is 0 Å². The van der Waals surface area contributed by atoms with Crippen LogP contribution in [0.2, 0.25) is 0 Å². The summed E-state index contributed by atoms with van der Waals surface area (Å²) in [5.41, 5.74) is 1.90. The Morgan fingerprint density at radius 2 is 0.704 bits per heavy atom. The fraction of sp³-hybridized carbons (Fsp3) is 0.923. The van der Waals surface area contributed by atoms with E-state index >= 15 is 0 Å². The zero-order valence-electron chi connectivity index (χ0n) is 19.8. The summed E-state index contributed by atoms with van der Waals surface area (Å²) >= 11 is 0. The fourth-order valence-corrected chi connectivity index (χ4v) is 4.99. The van der Waals surface area contributed by atoms with Crippen LogP contribution in [0, 0.1) is 0 Å². The molecule has 0 saturated heterocycles. The lowest BCUT2D eigenvalue weighted by molar-refractivity contribution is 0.578. The van der Waals surface area contributed by atoms with Gasteiger partial charge in [-0.05, 0) is 38.5 Å². The molecule has 0 aliphatic rings. The molecule has 0 aromatic heterocycles. The third-order valence-electron chi connectivity index (χ3n) is 6.17. The summed E-state index contributed by atoms with van der Waals surface area (Å²) in [6.07, 6.45) is 30.2. The zero-order valence-corrected chi connectivity index (χ0v) is 21.8. The first-order chi connectivity index (χ1) is 13.3. The molecule has 0 unspecified atom stereocenters. The Kier molecular flexibility index (Phi) is 22.2. The van der Waals surface area contributed by atoms with E-state index in [1.165, 1.54) is 145 Å². The molecule has 0 radical (unpaired) electrons. The molecular weight excluding hydrogens is 340 g/mol. The van der Waals surface area contributed by atoms with Gasteiger partial charge in [-0.2, -0.15) is 0 Å². The molecule has 0 amide bonds. The van der Waals surface area contributed by atoms with Crippen molar-refractivity contribution in [3.05, 3.63) is 10.8 Å². The highest BCUT2D eigenvalue weighted by atomic mass is 28.1. The van der Waals surface area contributed by atoms with Gasteiger partial charge in [-0.1, -0.05) is 128 Å². The van der Waals surface area contributed by atoms with Crippen molar-refractivity contribution in [2.75, 3.05) is 0 Å². The van der Waals surface area contributed by atoms with E-state index in [2.05, 4.69) is 20.8 Å². The van der Waals surface area contributed by atoms with Gasteiger partial charge in [0.2, 0.25) is 0 Å². The maximum atomic E-state index is 2.32. The molecular formula is C26H54Si. The van der Waals surface area contributed by atoms with Gasteiger partial charge in [-0.25, -0.2) is 0 Å². The molecule has 0 bridgehead atoms. The van der Waals surface area contributed by atoms with Gasteiger partial charge in [0.25, 0.3) is 0 Å². The second-order valence-corrected chi connectivity index (χ2v) is 10.1. The summed E-state index contributed by atoms with van der Waals surface area (Å²) in [4.78, 5) is 0. The number of allylic oxidation sites excluding steroid dienone is 2. The summed E-state index contributed by atoms with van der Waals surface area (Å²) in [6, 6.07) is 0. The molecule has 0 rings (SSSR count). The van der Waals surface area contributed by atoms with Crippen LogP contribution >= 0.6 is 0 Å². The quantitative estimate of drug-likeness (QED) is 0.135. The van der Waals surface area contributed by atoms with E-state index < -0.39 is 0 Å². The van der Waals surface area contributed by atoms with Crippen LogP contribution in [0.1, 0.15) is 156 Å². The van der Waals surface area contributed by atoms with Crippen LogP contribution in [-0.2, 0) is 0 Å². The second kappa shape index (κ2) is 22.2. The molecule has 1 heteroatoms. The molecule has 0 saturated carbocycles. The van der Waals surface area contributed by atoms with Crippen LogP contribution in [0.3, 0.4) is 0 Å². The van der Waals surface area contributed by atoms with Gasteiger partial charge in [-0.3, -0.25) is 0 Å². The second-order valence-electron chi connectivity index (χ2n) is 8.94. The first-order valence-electron chi connectivity index (χ1n) is 12.9. The van der Waals surface area contributed by atoms with Gasteiger partial charge in [0.15, 0.2) is 0 Å². The Bertz CT molecular complexity index is 300. The van der Waals surface area contributed by atoms with Gasteiger partial charge < -0.3 is 0 Å². The van der Waals surface area contributed by atoms with Crippen molar-refractivity contribution in [2.45, 2.75) is 156 Å². The van der Waals surface area contributed by atoms with Crippen molar-refractivity contribution in [3.8, 4) is 0 Å². The standard InChI is InChI=1S/C26H54Si/c1-4-7-10-13-16-19-22-25(23-20-17-14-11-8-5-2)26(27)24-21-18-15-12-9-6-3/h4-24H2,1-3,27H3. The fourth-order valence-electron chi connectivity index (χ4n) is 4.14. The van der Waals surface area contributed by atoms with Gasteiger partial charge in [-0.15, -0.1) is 0 Å². The number of unbranched alkanes of at least 4 members (excludes halogenated alkanes) is 15. The Morgan fingerprint density at radius 1 is 0.407 bits per heavy atom. The molecule has 0 aliphatic heterocycles. The van der Waals surface area contributed by atoms with E-state index in [9.17, 15) is 0 Å². The highest BCUT2D eigenvalue weighted by molar-refractivity contribution is 6.22. The molecule has 0 nitrogen and oxygen atoms in total. The first-order valence-corrected chi connectivity index (χ1v) is 13.9. The molecule has 162 valence electrons. The Hall–Kier alpha value is -0.0431. The van der Waals surface area contributed by atoms with E-state index in [0.717, 1.165) is 0 Å². The summed E-state index contributed by atoms with van der Waals surface area (Å²) in [5.74, 6) is 0. The molecule has 27 heavy (non-hydrogen) atoms. The predicted octanol–water partition coefficient (Wildman–Crippen LogP) is 8.86. The van der Waals surface area contributed by atoms with Crippen molar-refractivity contribution in [1.82, 2.24) is 0 Å². The topological polar surface area (TPSA) is 0 Å². The minimum absolute atomic E-state index is 1.31. The van der Waals surface area contributed by atoms with Crippen LogP contribution in [0.15, 0.2) is 10.8 Å². The highest BCUT2D eigenvalue weighted by Gasteiger charge is 2.04. The van der Waals surface area contributed by atoms with Gasteiger partial charge in [0, 0.05) is 10.2 Å². The predicted molar refractivity (Wildman–Crippen MR) is 131 cm³/mol. The van der Waals surface area contributed by atoms with Gasteiger partial charge >= 0.3 is 0 Å². The normalized spacial score (nSPS) is 11.2. The molecule has 0 aromatic carbocycles. The van der Waals surface area contributed by atoms with Gasteiger partial charge in [0.1, 0.15) is 0 Å². The molecule has 0 heterocycles. The van der Waals surface area contributed by atoms with Crippen molar-refractivity contribution < 1.29 is 0 Å². The summed E-state index contributed by atoms with van der Waals surface area (Å²) in [5, 5.41) is 1.90. The van der Waals surface area contributed by atoms with Crippen molar-refractivity contribution >= 4 is 10.2 Å². The largest absolute Gasteiger partial charge is 0.0925 e. The third-order valence-corrected chi connectivity index (χ3v) is 7.38. The average Bonchev–Trinajstić information content (AvgIpc) is 2.68. The maximum Gasteiger partial charge on any atom is 0.0332 e. The maximum absolute atomic E-state index is 2.32. The van der Waals surface area contributed by atoms with E-state index in [0.29, 0.717) is 0 Å². The molecule has 0 N–H and O–H groups in total. The lowest BCUT2D eigenvalue weighted by Gasteiger charge is -2.13. The van der Waals surface area contributed by atoms with Crippen molar-refractivity contribution in [3.63, 3.8) is 0 Å². The molecule has 0 fully saturated rings. The monoisotopic (exact) mass is 394 g/mol. The van der Waals surface area contributed by atoms with Crippen LogP contribution in [-0.4, -0.2) is 10.2 Å². The molecule has 0 aromatic rings. The zero-order chi connectivity index (χ0) is 20.0. The summed E-state index contributed by atoms with van der Waals surface area (Å²) in [6.45, 7) is 6.95. The van der Waals surface area contributed by atoms with Crippen LogP contribution in [0.25, 0.3) is 0 Å². The van der Waals surface area contributed by atoms with E-state index in [1.807, 2.05) is 10.8 Å². The number of hydrogen-bond acceptors (Lipinski definition) is 0. The molecule has 0 aliphatic carbocycles. The summed E-state index contributed by atoms with van der Waals surface area (Å²) < 4.78 is 0. The SMILES string of the molecule is CCCCCCCCC([SiH3])=C(CCCCCCCC)CCCCCCCC. The lowest BCUT2D eigenvalue weighted by Crippen LogP contribution is -1.96. The molecule has 0 atom stereocenters. The lowest BCUT2D eigenvalue weighted by atomic mass is 9.97. The Balaban J connectivity index is 4.16. The first kappa shape index (κ1) is 27.0. The summed E-state index contributed by atoms with van der Waals surface area (Å²) in [7, 11) is 1.31. The van der Waals surface area contributed by atoms with Crippen LogP contribution in [0.4, 0.5) is 0 Å². The van der Waals surface area contributed by atoms with E-state index in [4.69, 9.17) is 0 Å². The van der Waals surface area contributed by atoms with Crippen molar-refractivity contribution in [2.24, 2.45) is 0 Å². The average molecular weight is 395 g/mol. The van der Waals surface area contributed by atoms with E-state index in [-0.39, 0.29) is 0 Å². The molecule has 0 spiro atoms. The highest BCUT2D eigenvalue weighted by Crippen LogP contribution is 2.23. The van der Waals surface area contributed by atoms with Gasteiger partial charge in [0.05, 0.1) is 0 Å². The number of hydrogen-bond donors (Lipinski definition) is 0. The minimum Gasteiger partial charge on any atom is -0.0925 e. The minimum atomic E-state index is 1.31. The third kappa shape index (κ3) is 19.1. The smallest absolute Gasteiger partial charge is 0.0332 e.